The Bertz CT molecular complexity index is 1970. The Kier molecular flexibility index (Phi) is 21.5. The standard InChI is InChI=1S/C51H80O27/c52-17-33-39(61)42(64)45(67)51(76-33)75-32-16-25-29(14-24(54)15-30(25)73-49-46(68)43(65)40(62)34(77-49)18-71-37(59)10-5-21-3-8-26(55)27(56)11-21)72-48(32)22-12-28(57)38(60)31(13-22)74-50-47(69)44(66)41(63)35(78-50)19-70-36(58)9-4-20-1-6-23(53)7-2-20/h4-5,9-10,20-35,38-57,60-69H,1-3,6-8,11-19H2/p+1/t20?,21?,22?,23?,24?,25?,26?,27?,28?,29?,30?,31?,32?,33-,34-,35-,38?,39-,40-,41-,42+,43+,44+,45-,46-,47-,48?,49-,50-,51-/m1/s1. The summed E-state index contributed by atoms with van der Waals surface area (Å²) in [5, 5.41) is 172. The van der Waals surface area contributed by atoms with Crippen LogP contribution < -0.4 is 0 Å². The maximum atomic E-state index is 12.7. The Labute approximate surface area is 449 Å². The van der Waals surface area contributed by atoms with Crippen LogP contribution in [0.3, 0.4) is 0 Å². The number of ether oxygens (including phenoxy) is 9. The summed E-state index contributed by atoms with van der Waals surface area (Å²) in [6.45, 7) is -1.98. The van der Waals surface area contributed by atoms with Crippen LogP contribution in [-0.2, 0) is 47.5 Å². The molecular weight excluding hydrogens is 1040 g/mol. The van der Waals surface area contributed by atoms with Gasteiger partial charge in [0.25, 0.3) is 0 Å². The molecular formula is C51H81O27+. The monoisotopic (exact) mass is 1130 g/mol. The van der Waals surface area contributed by atoms with Crippen molar-refractivity contribution in [2.45, 2.75) is 236 Å². The number of carbonyl (C=O) groups is 2. The van der Waals surface area contributed by atoms with Gasteiger partial charge in [0.2, 0.25) is 0 Å². The molecule has 0 spiro atoms. The predicted molar refractivity (Wildman–Crippen MR) is 257 cm³/mol. The molecule has 0 radical (unpaired) electrons. The van der Waals surface area contributed by atoms with Gasteiger partial charge in [0.1, 0.15) is 98.7 Å². The smallest absolute Gasteiger partial charge is 0.330 e. The van der Waals surface area contributed by atoms with Crippen molar-refractivity contribution in [2.75, 3.05) is 19.8 Å². The van der Waals surface area contributed by atoms with Crippen LogP contribution in [0.1, 0.15) is 77.0 Å². The number of aliphatic hydroxyl groups is 18. The van der Waals surface area contributed by atoms with E-state index in [0.29, 0.717) is 38.5 Å². The lowest BCUT2D eigenvalue weighted by molar-refractivity contribution is -0.370. The molecule has 4 saturated carbocycles. The summed E-state index contributed by atoms with van der Waals surface area (Å²) < 4.78 is 52.0. The third-order valence-electron chi connectivity index (χ3n) is 17.0. The first kappa shape index (κ1) is 61.6. The Morgan fingerprint density at radius 1 is 0.449 bits per heavy atom. The van der Waals surface area contributed by atoms with Crippen LogP contribution in [0, 0.1) is 23.7 Å². The maximum absolute atomic E-state index is 12.7. The molecule has 4 heterocycles. The lowest BCUT2D eigenvalue weighted by Crippen LogP contribution is -2.65. The van der Waals surface area contributed by atoms with E-state index in [4.69, 9.17) is 42.6 Å². The van der Waals surface area contributed by atoms with Crippen molar-refractivity contribution < 1.29 is 134 Å². The van der Waals surface area contributed by atoms with Gasteiger partial charge < -0.3 is 124 Å². The van der Waals surface area contributed by atoms with Gasteiger partial charge in [-0.15, -0.1) is 0 Å². The van der Waals surface area contributed by atoms with Crippen molar-refractivity contribution in [1.29, 1.82) is 0 Å². The number of rotatable bonds is 16. The first-order valence-electron chi connectivity index (χ1n) is 27.2. The predicted octanol–water partition coefficient (Wildman–Crippen LogP) is -6.60. The van der Waals surface area contributed by atoms with Crippen molar-refractivity contribution in [3.8, 4) is 0 Å². The summed E-state index contributed by atoms with van der Waals surface area (Å²) in [6, 6.07) is 0. The Hall–Kier alpha value is -2.50. The minimum atomic E-state index is -1.91. The number of allylic oxidation sites excluding steroid dienone is 2. The highest BCUT2D eigenvalue weighted by Gasteiger charge is 2.58. The quantitative estimate of drug-likeness (QED) is 0.0388. The first-order valence-corrected chi connectivity index (χ1v) is 27.2. The Morgan fingerprint density at radius 3 is 1.50 bits per heavy atom. The van der Waals surface area contributed by atoms with E-state index in [1.54, 1.807) is 6.08 Å². The second-order valence-electron chi connectivity index (χ2n) is 22.5. The fourth-order valence-corrected chi connectivity index (χ4v) is 12.3. The first-order chi connectivity index (χ1) is 37.1. The molecule has 27 nitrogen and oxygen atoms in total. The van der Waals surface area contributed by atoms with E-state index in [0.717, 1.165) is 6.08 Å². The van der Waals surface area contributed by atoms with Crippen LogP contribution in [0.4, 0.5) is 0 Å². The number of esters is 2. The fraction of sp³-hybridized carbons (Fsp3) is 0.882. The van der Waals surface area contributed by atoms with E-state index in [1.807, 2.05) is 0 Å². The molecule has 0 bridgehead atoms. The third kappa shape index (κ3) is 14.6. The molecule has 0 aromatic rings. The summed E-state index contributed by atoms with van der Waals surface area (Å²) in [7, 11) is 0. The van der Waals surface area contributed by atoms with E-state index in [2.05, 4.69) is 0 Å². The Balaban J connectivity index is 0.960. The van der Waals surface area contributed by atoms with Crippen molar-refractivity contribution in [1.82, 2.24) is 0 Å². The highest BCUT2D eigenvalue weighted by molar-refractivity contribution is 5.82. The summed E-state index contributed by atoms with van der Waals surface area (Å²) >= 11 is 0. The summed E-state index contributed by atoms with van der Waals surface area (Å²) in [6.07, 6.45) is -29.1. The van der Waals surface area contributed by atoms with Gasteiger partial charge in [0.15, 0.2) is 31.1 Å². The largest absolute Gasteiger partial charge is 0.460 e. The molecule has 4 aliphatic carbocycles. The van der Waals surface area contributed by atoms with Crippen molar-refractivity contribution in [3.63, 3.8) is 0 Å². The van der Waals surface area contributed by atoms with Crippen LogP contribution in [-0.4, -0.2) is 277 Å². The summed E-state index contributed by atoms with van der Waals surface area (Å²) in [4.78, 5) is 25.4. The SMILES string of the molecule is O=C(C=CC1CCC(O)CC1)OC[C@H]1O[C@@H](OC2CC(C3[OH+]C4CC(O)CC(O[C@@H]5O[C@H](COC(=O)C=CC6CCC(O)C(O)C6)[C@@H](O)[C@H](O)[C@H]5O)C4CC3O[C@@H]3O[C@H](CO)[C@@H](O)[C@H](O)[C@H]3O)CC(O)C2O)[C@H](O)[C@@H](O)[C@@H]1O. The number of carbonyl (C=O) groups excluding carboxylic acids is 2. The molecule has 0 aromatic heterocycles. The van der Waals surface area contributed by atoms with E-state index < -0.39 is 203 Å². The van der Waals surface area contributed by atoms with Crippen LogP contribution >= 0.6 is 0 Å². The lowest BCUT2D eigenvalue weighted by atomic mass is 9.72. The highest BCUT2D eigenvalue weighted by Crippen LogP contribution is 2.45. The molecule has 0 amide bonds. The molecule has 27 heteroatoms. The zero-order valence-electron chi connectivity index (χ0n) is 42.9. The molecule has 78 heavy (non-hydrogen) atoms. The minimum absolute atomic E-state index is 0.0440. The van der Waals surface area contributed by atoms with Gasteiger partial charge in [0, 0.05) is 30.9 Å². The molecule has 28 atom stereocenters. The fourth-order valence-electron chi connectivity index (χ4n) is 12.3. The molecule has 446 valence electrons. The van der Waals surface area contributed by atoms with Crippen LogP contribution in [0.2, 0.25) is 0 Å². The van der Waals surface area contributed by atoms with Gasteiger partial charge in [-0.05, 0) is 76.0 Å². The number of hydrogen-bond acceptors (Lipinski definition) is 26. The average Bonchev–Trinajstić information content (AvgIpc) is 3.41. The lowest BCUT2D eigenvalue weighted by Gasteiger charge is -2.50. The van der Waals surface area contributed by atoms with Gasteiger partial charge in [-0.1, -0.05) is 12.2 Å². The molecule has 13 unspecified atom stereocenters. The highest BCUT2D eigenvalue weighted by atomic mass is 16.7. The van der Waals surface area contributed by atoms with Gasteiger partial charge in [-0.25, -0.2) is 9.59 Å². The molecule has 8 fully saturated rings. The number of aliphatic hydroxyl groups excluding tert-OH is 16. The van der Waals surface area contributed by atoms with Crippen molar-refractivity contribution in [3.05, 3.63) is 24.3 Å². The van der Waals surface area contributed by atoms with Crippen molar-refractivity contribution >= 4 is 11.9 Å². The molecule has 17 N–H and O–H groups in total. The zero-order chi connectivity index (χ0) is 56.3. The minimum Gasteiger partial charge on any atom is -0.460 e. The number of hydrogen-bond donors (Lipinski definition) is 16. The molecule has 4 aliphatic heterocycles. The Morgan fingerprint density at radius 2 is 0.949 bits per heavy atom. The summed E-state index contributed by atoms with van der Waals surface area (Å²) in [5.41, 5.74) is 0. The molecule has 0 aromatic carbocycles. The third-order valence-corrected chi connectivity index (χ3v) is 17.0. The summed E-state index contributed by atoms with van der Waals surface area (Å²) in [5.74, 6) is -3.32. The normalized spacial score (nSPS) is 49.5. The van der Waals surface area contributed by atoms with E-state index >= 15 is 0 Å². The van der Waals surface area contributed by atoms with E-state index in [-0.39, 0.29) is 50.4 Å². The van der Waals surface area contributed by atoms with Gasteiger partial charge in [-0.2, -0.15) is 0 Å². The van der Waals surface area contributed by atoms with Gasteiger partial charge >= 0.3 is 11.9 Å². The number of fused-ring (bicyclic) bond motifs is 1. The van der Waals surface area contributed by atoms with Gasteiger partial charge in [0.05, 0.1) is 55.3 Å². The van der Waals surface area contributed by atoms with Gasteiger partial charge in [-0.3, -0.25) is 0 Å². The molecule has 8 rings (SSSR count). The van der Waals surface area contributed by atoms with E-state index in [1.165, 1.54) is 12.2 Å². The van der Waals surface area contributed by atoms with Crippen LogP contribution in [0.15, 0.2) is 24.3 Å². The average molecular weight is 1130 g/mol. The second kappa shape index (κ2) is 27.3. The second-order valence-corrected chi connectivity index (χ2v) is 22.5. The topological polar surface area (TPSA) is 444 Å². The molecule has 8 aliphatic rings. The van der Waals surface area contributed by atoms with E-state index in [9.17, 15) is 91.3 Å². The van der Waals surface area contributed by atoms with Crippen molar-refractivity contribution in [2.24, 2.45) is 23.7 Å². The van der Waals surface area contributed by atoms with Crippen LogP contribution in [0.5, 0.6) is 0 Å². The molecule has 4 saturated heterocycles. The van der Waals surface area contributed by atoms with Crippen LogP contribution in [0.25, 0.3) is 0 Å². The zero-order valence-corrected chi connectivity index (χ0v) is 42.9. The maximum Gasteiger partial charge on any atom is 0.330 e.